The van der Waals surface area contributed by atoms with Crippen LogP contribution >= 0.6 is 0 Å². The van der Waals surface area contributed by atoms with E-state index in [1.165, 1.54) is 71.7 Å². The molecule has 12 rings (SSSR count). The van der Waals surface area contributed by atoms with Gasteiger partial charge < -0.3 is 9.13 Å². The van der Waals surface area contributed by atoms with Crippen molar-refractivity contribution in [3.63, 3.8) is 0 Å². The quantitative estimate of drug-likeness (QED) is 0.174. The Hall–Kier alpha value is -7.43. The maximum absolute atomic E-state index is 5.41. The zero-order valence-electron chi connectivity index (χ0n) is 30.5. The summed E-state index contributed by atoms with van der Waals surface area (Å²) in [6.07, 6.45) is 0.786. The molecule has 4 nitrogen and oxygen atoms in total. The number of fused-ring (bicyclic) bond motifs is 9. The topological polar surface area (TPSA) is 27.7 Å². The van der Waals surface area contributed by atoms with Gasteiger partial charge in [0, 0.05) is 50.5 Å². The molecule has 1 aliphatic rings. The molecule has 4 heteroatoms. The summed E-state index contributed by atoms with van der Waals surface area (Å²) < 4.78 is 7.18. The van der Waals surface area contributed by atoms with E-state index in [1.54, 1.807) is 0 Å². The third-order valence-corrected chi connectivity index (χ3v) is 11.6. The molecule has 0 aliphatic carbocycles. The van der Waals surface area contributed by atoms with E-state index < -0.39 is 0 Å². The van der Waals surface area contributed by atoms with Gasteiger partial charge in [-0.3, -0.25) is 4.57 Å². The molecule has 0 saturated carbocycles. The average molecular weight is 715 g/mol. The molecule has 1 aliphatic heterocycles. The highest BCUT2D eigenvalue weighted by Crippen LogP contribution is 2.44. The average Bonchev–Trinajstić information content (AvgIpc) is 4.00. The Morgan fingerprint density at radius 3 is 1.46 bits per heavy atom. The molecule has 8 aromatic carbocycles. The number of aromatic nitrogens is 4. The van der Waals surface area contributed by atoms with Crippen molar-refractivity contribution in [3.05, 3.63) is 206 Å². The first kappa shape index (κ1) is 31.0. The molecule has 262 valence electrons. The minimum atomic E-state index is 0.786. The van der Waals surface area contributed by atoms with Gasteiger partial charge in [0.1, 0.15) is 5.82 Å². The summed E-state index contributed by atoms with van der Waals surface area (Å²) in [7, 11) is 0. The predicted octanol–water partition coefficient (Wildman–Crippen LogP) is 13.0. The lowest BCUT2D eigenvalue weighted by Gasteiger charge is -2.13. The molecule has 56 heavy (non-hydrogen) atoms. The van der Waals surface area contributed by atoms with Gasteiger partial charge >= 0.3 is 0 Å². The van der Waals surface area contributed by atoms with Crippen LogP contribution in [0.1, 0.15) is 11.4 Å². The summed E-state index contributed by atoms with van der Waals surface area (Å²) in [6.45, 7) is 0. The molecule has 0 amide bonds. The highest BCUT2D eigenvalue weighted by atomic mass is 15.1. The normalized spacial score (nSPS) is 12.2. The van der Waals surface area contributed by atoms with Crippen LogP contribution in [0.25, 0.3) is 94.3 Å². The van der Waals surface area contributed by atoms with Gasteiger partial charge in [0.2, 0.25) is 0 Å². The minimum absolute atomic E-state index is 0.786. The van der Waals surface area contributed by atoms with Gasteiger partial charge in [-0.25, -0.2) is 4.98 Å². The van der Waals surface area contributed by atoms with Crippen LogP contribution in [-0.2, 0) is 6.42 Å². The summed E-state index contributed by atoms with van der Waals surface area (Å²) in [6, 6.07) is 70.3. The summed E-state index contributed by atoms with van der Waals surface area (Å²) in [5.74, 6) is 1.07. The van der Waals surface area contributed by atoms with Crippen LogP contribution in [0, 0.1) is 0 Å². The molecule has 0 saturated heterocycles. The van der Waals surface area contributed by atoms with Crippen molar-refractivity contribution in [3.8, 4) is 50.7 Å². The Kier molecular flexibility index (Phi) is 6.66. The zero-order valence-corrected chi connectivity index (χ0v) is 30.5. The summed E-state index contributed by atoms with van der Waals surface area (Å²) in [5.41, 5.74) is 16.4. The van der Waals surface area contributed by atoms with Gasteiger partial charge in [-0.2, -0.15) is 0 Å². The smallest absolute Gasteiger partial charge is 0.119 e. The number of rotatable bonds is 5. The predicted molar refractivity (Wildman–Crippen MR) is 231 cm³/mol. The summed E-state index contributed by atoms with van der Waals surface area (Å²) in [4.78, 5) is 5.41. The highest BCUT2D eigenvalue weighted by Gasteiger charge is 2.29. The maximum Gasteiger partial charge on any atom is 0.119 e. The Labute approximate surface area is 323 Å². The fourth-order valence-electron chi connectivity index (χ4n) is 9.16. The second-order valence-electron chi connectivity index (χ2n) is 14.8. The van der Waals surface area contributed by atoms with E-state index in [2.05, 4.69) is 208 Å². The van der Waals surface area contributed by atoms with Crippen LogP contribution in [0.2, 0.25) is 0 Å². The standard InChI is InChI=1S/C52H34N4/c1-4-14-34(15-5-1)51-52(38-27-29-48-44(31-38)42-21-11-13-23-46(42)55(48)40-18-8-3-9-19-40)56-49-32-36(24-25-37(49)33-50(56)53-51)35-26-28-47-43(30-35)41-20-10-12-22-45(41)54(47)39-16-6-2-7-17-39/h1-32H,33H2. The largest absolute Gasteiger partial charge is 0.309 e. The van der Waals surface area contributed by atoms with Crippen LogP contribution in [-0.4, -0.2) is 18.7 Å². The van der Waals surface area contributed by atoms with Crippen LogP contribution in [0.5, 0.6) is 0 Å². The molecule has 0 fully saturated rings. The number of nitrogens with zero attached hydrogens (tertiary/aromatic N) is 4. The maximum atomic E-state index is 5.41. The molecule has 4 heterocycles. The monoisotopic (exact) mass is 714 g/mol. The molecular formula is C52H34N4. The molecule has 0 N–H and O–H groups in total. The molecule has 0 unspecified atom stereocenters. The minimum Gasteiger partial charge on any atom is -0.309 e. The first-order valence-electron chi connectivity index (χ1n) is 19.3. The molecular weight excluding hydrogens is 681 g/mol. The SMILES string of the molecule is c1ccc(-c2nc3n(c2-c2ccc4c(c2)c2ccccc2n4-c2ccccc2)-c2cc(-c4ccc5c(c4)c4ccccc4n5-c4ccccc4)ccc2C3)cc1. The Balaban J connectivity index is 1.05. The Morgan fingerprint density at radius 2 is 0.839 bits per heavy atom. The molecule has 11 aromatic rings. The zero-order chi connectivity index (χ0) is 36.7. The molecule has 0 bridgehead atoms. The highest BCUT2D eigenvalue weighted by molar-refractivity contribution is 6.12. The van der Waals surface area contributed by atoms with E-state index in [4.69, 9.17) is 4.98 Å². The van der Waals surface area contributed by atoms with E-state index in [-0.39, 0.29) is 0 Å². The van der Waals surface area contributed by atoms with E-state index in [1.807, 2.05) is 0 Å². The molecule has 3 aromatic heterocycles. The van der Waals surface area contributed by atoms with Crippen molar-refractivity contribution in [1.29, 1.82) is 0 Å². The molecule has 0 spiro atoms. The lowest BCUT2D eigenvalue weighted by Crippen LogP contribution is -1.98. The second kappa shape index (κ2) is 12.0. The van der Waals surface area contributed by atoms with E-state index >= 15 is 0 Å². The van der Waals surface area contributed by atoms with E-state index in [9.17, 15) is 0 Å². The third-order valence-electron chi connectivity index (χ3n) is 11.6. The summed E-state index contributed by atoms with van der Waals surface area (Å²) in [5, 5.41) is 4.97. The fourth-order valence-corrected chi connectivity index (χ4v) is 9.16. The Morgan fingerprint density at radius 1 is 0.357 bits per heavy atom. The van der Waals surface area contributed by atoms with Gasteiger partial charge in [0.05, 0.1) is 39.1 Å². The summed E-state index contributed by atoms with van der Waals surface area (Å²) >= 11 is 0. The fraction of sp³-hybridized carbons (Fsp3) is 0.0192. The number of hydrogen-bond donors (Lipinski definition) is 0. The van der Waals surface area contributed by atoms with Crippen molar-refractivity contribution < 1.29 is 0 Å². The van der Waals surface area contributed by atoms with Crippen LogP contribution in [0.15, 0.2) is 194 Å². The second-order valence-corrected chi connectivity index (χ2v) is 14.8. The van der Waals surface area contributed by atoms with E-state index in [0.717, 1.165) is 40.4 Å². The number of hydrogen-bond acceptors (Lipinski definition) is 1. The van der Waals surface area contributed by atoms with Crippen molar-refractivity contribution >= 4 is 43.6 Å². The van der Waals surface area contributed by atoms with Crippen molar-refractivity contribution in [2.24, 2.45) is 0 Å². The number of para-hydroxylation sites is 4. The van der Waals surface area contributed by atoms with Gasteiger partial charge in [0.15, 0.2) is 0 Å². The van der Waals surface area contributed by atoms with Crippen molar-refractivity contribution in [2.75, 3.05) is 0 Å². The van der Waals surface area contributed by atoms with Gasteiger partial charge in [-0.05, 0) is 83.4 Å². The van der Waals surface area contributed by atoms with E-state index in [0.29, 0.717) is 0 Å². The van der Waals surface area contributed by atoms with Crippen molar-refractivity contribution in [1.82, 2.24) is 18.7 Å². The lowest BCUT2D eigenvalue weighted by molar-refractivity contribution is 1.00. The van der Waals surface area contributed by atoms with Gasteiger partial charge in [-0.1, -0.05) is 127 Å². The number of benzene rings is 8. The van der Waals surface area contributed by atoms with Crippen LogP contribution < -0.4 is 0 Å². The molecule has 0 atom stereocenters. The van der Waals surface area contributed by atoms with Crippen LogP contribution in [0.4, 0.5) is 0 Å². The lowest BCUT2D eigenvalue weighted by atomic mass is 9.99. The Bertz CT molecular complexity index is 3310. The van der Waals surface area contributed by atoms with Gasteiger partial charge in [-0.15, -0.1) is 0 Å². The first-order valence-corrected chi connectivity index (χ1v) is 19.3. The van der Waals surface area contributed by atoms with Crippen LogP contribution in [0.3, 0.4) is 0 Å². The first-order chi connectivity index (χ1) is 27.8. The molecule has 0 radical (unpaired) electrons. The third kappa shape index (κ3) is 4.56. The van der Waals surface area contributed by atoms with Gasteiger partial charge in [0.25, 0.3) is 0 Å². The van der Waals surface area contributed by atoms with Crippen molar-refractivity contribution in [2.45, 2.75) is 6.42 Å². The number of imidazole rings is 1.